The third-order valence-electron chi connectivity index (χ3n) is 8.30. The van der Waals surface area contributed by atoms with Crippen LogP contribution in [0.25, 0.3) is 0 Å². The molecule has 15 nitrogen and oxygen atoms in total. The van der Waals surface area contributed by atoms with Crippen molar-refractivity contribution in [2.24, 2.45) is 0 Å². The van der Waals surface area contributed by atoms with Crippen molar-refractivity contribution in [2.45, 2.75) is 37.8 Å². The molecule has 2 aromatic carbocycles. The lowest BCUT2D eigenvalue weighted by atomic mass is 10.1. The first-order chi connectivity index (χ1) is 22.7. The van der Waals surface area contributed by atoms with E-state index in [0.29, 0.717) is 50.3 Å². The van der Waals surface area contributed by atoms with Crippen molar-refractivity contribution in [3.05, 3.63) is 47.2 Å². The number of carbonyl (C=O) groups excluding carboxylic acids is 4. The summed E-state index contributed by atoms with van der Waals surface area (Å²) in [4.78, 5) is 56.5. The smallest absolute Gasteiger partial charge is 0.295 e. The number of Topliss-reactive ketones (excluding diaryl/α,β-unsaturated/α-hetero) is 2. The number of rotatable bonds is 12. The molecule has 0 spiro atoms. The monoisotopic (exact) mass is 652 g/mol. The van der Waals surface area contributed by atoms with Crippen LogP contribution in [0.1, 0.15) is 70.3 Å². The Morgan fingerprint density at radius 1 is 0.596 bits per heavy atom. The summed E-state index contributed by atoms with van der Waals surface area (Å²) in [6, 6.07) is 4.37. The van der Waals surface area contributed by atoms with Crippen LogP contribution in [0.15, 0.2) is 28.7 Å². The molecule has 0 N–H and O–H groups in total. The van der Waals surface area contributed by atoms with Gasteiger partial charge in [-0.3, -0.25) is 19.2 Å². The van der Waals surface area contributed by atoms with Crippen molar-refractivity contribution < 1.29 is 52.0 Å². The Balaban J connectivity index is 1.34. The maximum atomic E-state index is 13.5. The first-order valence-corrected chi connectivity index (χ1v) is 14.8. The molecule has 2 aliphatic heterocycles. The van der Waals surface area contributed by atoms with Crippen molar-refractivity contribution in [3.8, 4) is 34.5 Å². The number of aromatic nitrogens is 2. The minimum absolute atomic E-state index is 0.0678. The summed E-state index contributed by atoms with van der Waals surface area (Å²) in [5.74, 6) is -1.24. The van der Waals surface area contributed by atoms with Gasteiger partial charge < -0.3 is 42.6 Å². The normalized spacial score (nSPS) is 17.3. The van der Waals surface area contributed by atoms with E-state index in [1.165, 1.54) is 76.7 Å². The average molecular weight is 653 g/mol. The van der Waals surface area contributed by atoms with Crippen LogP contribution in [0.2, 0.25) is 0 Å². The molecule has 2 saturated heterocycles. The molecule has 0 saturated carbocycles. The van der Waals surface area contributed by atoms with Gasteiger partial charge in [0.25, 0.3) is 23.4 Å². The van der Waals surface area contributed by atoms with Crippen molar-refractivity contribution in [1.82, 2.24) is 20.0 Å². The molecule has 1 aromatic heterocycles. The van der Waals surface area contributed by atoms with Gasteiger partial charge in [0.1, 0.15) is 12.1 Å². The molecular weight excluding hydrogens is 616 g/mol. The number of benzene rings is 2. The Hall–Kier alpha value is -5.34. The fourth-order valence-corrected chi connectivity index (χ4v) is 5.98. The number of methoxy groups -OCH3 is 6. The maximum Gasteiger partial charge on any atom is 0.295 e. The fraction of sp³-hybridized carbons (Fsp3) is 0.438. The van der Waals surface area contributed by atoms with E-state index in [2.05, 4.69) is 10.2 Å². The third-order valence-corrected chi connectivity index (χ3v) is 8.30. The standard InChI is InChI=1S/C32H36N4O11/c1-41-21-13-17(14-22(42-2)27(21)45-5)25(37)31(39)35-11-7-9-19(35)29-33-34-30(47-29)20-10-8-12-36(20)32(40)26(38)18-15-23(43-3)28(46-6)24(16-18)44-4/h13-16,19-20H,7-12H2,1-6H3/t19-,20-/m0/s1. The maximum absolute atomic E-state index is 13.5. The second-order valence-electron chi connectivity index (χ2n) is 10.8. The minimum atomic E-state index is -0.770. The molecule has 5 rings (SSSR count). The molecule has 2 amide bonds. The predicted octanol–water partition coefficient (Wildman–Crippen LogP) is 3.21. The van der Waals surface area contributed by atoms with Gasteiger partial charge in [-0.2, -0.15) is 0 Å². The summed E-state index contributed by atoms with van der Waals surface area (Å²) in [5.41, 5.74) is 0.136. The SMILES string of the molecule is COc1cc(C(=O)C(=O)N2CCC[C@H]2c2nnc([C@@H]3CCCN3C(=O)C(=O)c3cc(OC)c(OC)c(OC)c3)o2)cc(OC)c1OC. The van der Waals surface area contributed by atoms with Gasteiger partial charge in [-0.15, -0.1) is 10.2 Å². The second kappa shape index (κ2) is 14.0. The van der Waals surface area contributed by atoms with Gasteiger partial charge in [0.05, 0.1) is 42.7 Å². The van der Waals surface area contributed by atoms with Gasteiger partial charge in [-0.25, -0.2) is 0 Å². The zero-order valence-electron chi connectivity index (χ0n) is 27.0. The van der Waals surface area contributed by atoms with E-state index in [9.17, 15) is 19.2 Å². The average Bonchev–Trinajstić information content (AvgIpc) is 3.90. The lowest BCUT2D eigenvalue weighted by molar-refractivity contribution is -0.128. The van der Waals surface area contributed by atoms with Crippen molar-refractivity contribution >= 4 is 23.4 Å². The molecule has 2 atom stereocenters. The zero-order chi connectivity index (χ0) is 33.8. The largest absolute Gasteiger partial charge is 0.493 e. The number of carbonyl (C=O) groups is 4. The summed E-state index contributed by atoms with van der Waals surface area (Å²) in [7, 11) is 8.54. The molecule has 0 aliphatic carbocycles. The molecule has 15 heteroatoms. The predicted molar refractivity (Wildman–Crippen MR) is 163 cm³/mol. The topological polar surface area (TPSA) is 169 Å². The number of amides is 2. The molecule has 47 heavy (non-hydrogen) atoms. The van der Waals surface area contributed by atoms with E-state index in [1.54, 1.807) is 0 Å². The number of hydrogen-bond acceptors (Lipinski definition) is 13. The molecule has 0 radical (unpaired) electrons. The van der Waals surface area contributed by atoms with Gasteiger partial charge >= 0.3 is 0 Å². The van der Waals surface area contributed by atoms with E-state index >= 15 is 0 Å². The Bertz CT molecular complexity index is 1520. The van der Waals surface area contributed by atoms with Gasteiger partial charge in [-0.1, -0.05) is 0 Å². The Morgan fingerprint density at radius 2 is 0.936 bits per heavy atom. The highest BCUT2D eigenvalue weighted by Gasteiger charge is 2.41. The number of hydrogen-bond donors (Lipinski definition) is 0. The highest BCUT2D eigenvalue weighted by molar-refractivity contribution is 6.43. The third kappa shape index (κ3) is 6.12. The fourth-order valence-electron chi connectivity index (χ4n) is 5.98. The Morgan fingerprint density at radius 3 is 1.23 bits per heavy atom. The lowest BCUT2D eigenvalue weighted by Crippen LogP contribution is -2.36. The van der Waals surface area contributed by atoms with Gasteiger partial charge in [0.15, 0.2) is 23.0 Å². The number of likely N-dealkylation sites (tertiary alicyclic amines) is 2. The molecule has 3 heterocycles. The first-order valence-electron chi connectivity index (χ1n) is 14.8. The number of ether oxygens (including phenoxy) is 6. The highest BCUT2D eigenvalue weighted by Crippen LogP contribution is 2.41. The van der Waals surface area contributed by atoms with Gasteiger partial charge in [-0.05, 0) is 49.9 Å². The Kier molecular flexibility index (Phi) is 9.82. The highest BCUT2D eigenvalue weighted by atomic mass is 16.5. The van der Waals surface area contributed by atoms with Gasteiger partial charge in [0, 0.05) is 24.2 Å². The molecular formula is C32H36N4O11. The summed E-state index contributed by atoms with van der Waals surface area (Å²) in [6.07, 6.45) is 2.19. The second-order valence-corrected chi connectivity index (χ2v) is 10.8. The van der Waals surface area contributed by atoms with Crippen LogP contribution in [0.4, 0.5) is 0 Å². The van der Waals surface area contributed by atoms with Crippen LogP contribution in [0.3, 0.4) is 0 Å². The molecule has 250 valence electrons. The number of nitrogens with zero attached hydrogens (tertiary/aromatic N) is 4. The summed E-state index contributed by atoms with van der Waals surface area (Å²) in [6.45, 7) is 0.601. The van der Waals surface area contributed by atoms with Crippen LogP contribution < -0.4 is 28.4 Å². The van der Waals surface area contributed by atoms with E-state index in [-0.39, 0.29) is 45.9 Å². The van der Waals surface area contributed by atoms with E-state index < -0.39 is 35.5 Å². The van der Waals surface area contributed by atoms with Crippen LogP contribution in [0, 0.1) is 0 Å². The van der Waals surface area contributed by atoms with Crippen molar-refractivity contribution in [3.63, 3.8) is 0 Å². The van der Waals surface area contributed by atoms with Crippen LogP contribution in [-0.4, -0.2) is 99.1 Å². The van der Waals surface area contributed by atoms with Crippen molar-refractivity contribution in [2.75, 3.05) is 55.7 Å². The zero-order valence-corrected chi connectivity index (χ0v) is 27.0. The Labute approximate surface area is 270 Å². The van der Waals surface area contributed by atoms with Gasteiger partial charge in [0.2, 0.25) is 23.3 Å². The summed E-state index contributed by atoms with van der Waals surface area (Å²) >= 11 is 0. The van der Waals surface area contributed by atoms with Crippen LogP contribution in [0.5, 0.6) is 34.5 Å². The number of ketones is 2. The minimum Gasteiger partial charge on any atom is -0.493 e. The van der Waals surface area contributed by atoms with E-state index in [1.807, 2.05) is 0 Å². The van der Waals surface area contributed by atoms with E-state index in [4.69, 9.17) is 32.8 Å². The molecule has 0 bridgehead atoms. The molecule has 3 aromatic rings. The van der Waals surface area contributed by atoms with Crippen LogP contribution in [-0.2, 0) is 9.59 Å². The summed E-state index contributed by atoms with van der Waals surface area (Å²) in [5, 5.41) is 8.40. The molecule has 0 unspecified atom stereocenters. The quantitative estimate of drug-likeness (QED) is 0.207. The van der Waals surface area contributed by atoms with E-state index in [0.717, 1.165) is 0 Å². The molecule has 2 fully saturated rings. The molecule has 2 aliphatic rings. The van der Waals surface area contributed by atoms with Crippen LogP contribution >= 0.6 is 0 Å². The summed E-state index contributed by atoms with van der Waals surface area (Å²) < 4.78 is 38.0. The van der Waals surface area contributed by atoms with Crippen molar-refractivity contribution in [1.29, 1.82) is 0 Å². The first kappa shape index (κ1) is 33.0. The lowest BCUT2D eigenvalue weighted by Gasteiger charge is -2.23.